The van der Waals surface area contributed by atoms with Crippen LogP contribution in [-0.2, 0) is 127 Å². The van der Waals surface area contributed by atoms with E-state index in [1.54, 1.807) is 13.8 Å². The van der Waals surface area contributed by atoms with E-state index in [4.69, 9.17) is 75.8 Å². The third kappa shape index (κ3) is 20.5. The number of hydrogen-bond donors (Lipinski definition) is 5. The Kier molecular flexibility index (Phi) is 28.4. The smallest absolute Gasteiger partial charge is 0.217 e. The van der Waals surface area contributed by atoms with Gasteiger partial charge in [0.2, 0.25) is 5.91 Å². The maximum absolute atomic E-state index is 13.6. The number of hydrogen-bond acceptors (Lipinski definition) is 21. The summed E-state index contributed by atoms with van der Waals surface area (Å²) in [6.45, 7) is 11.0. The molecule has 7 aromatic rings. The summed E-state index contributed by atoms with van der Waals surface area (Å²) in [5.41, 5.74) is 6.23. The zero-order chi connectivity index (χ0) is 73.2. The van der Waals surface area contributed by atoms with Gasteiger partial charge in [0.05, 0.1) is 96.0 Å². The molecule has 0 aliphatic carbocycles. The van der Waals surface area contributed by atoms with Gasteiger partial charge in [0.1, 0.15) is 85.5 Å². The van der Waals surface area contributed by atoms with Crippen LogP contribution in [0.1, 0.15) is 80.5 Å². The molecule has 1 amide bonds. The summed E-state index contributed by atoms with van der Waals surface area (Å²) in [4.78, 5) is 12.8. The van der Waals surface area contributed by atoms with Crippen molar-refractivity contribution in [2.24, 2.45) is 5.92 Å². The largest absolute Gasteiger partial charge is 0.394 e. The number of nitrogens with one attached hydrogen (secondary N) is 1. The van der Waals surface area contributed by atoms with Crippen molar-refractivity contribution in [3.8, 4) is 0 Å². The third-order valence-electron chi connectivity index (χ3n) is 20.0. The Morgan fingerprint density at radius 1 is 0.333 bits per heavy atom. The monoisotopic (exact) mass is 1450 g/mol. The Morgan fingerprint density at radius 3 is 1.05 bits per heavy atom. The summed E-state index contributed by atoms with van der Waals surface area (Å²) in [6, 6.07) is 67.2. The standard InChI is InChI=1S/C83H101NO21/c1-51-70(91-44-58-30-16-8-17-31-58)74(95-48-62-38-24-12-25-39-62)65(50-90-43-57-28-14-7-15-29-57)101-80(51)103-76-68(88)82(99-53(3)71(76)92-45-59-32-18-9-19-33-59)105-79-78(96-49-63-40-26-13-27-41-63)73(94-47-61-36-22-11-23-37-61)55(5)100-83(79)104-77-69(89)81(98-54(4)72(77)93-46-60-34-20-10-21-35-60)102-75-66(84-56(6)86)52(2)97-64(42-85)67(75)87/h7-41,51-55,64-83,85,87-89H,42-50H2,1-6H3,(H,84,86)/t51?,52-,53?,54?,55?,64?,65-,66?,67+,68?,69?,70?,71+,72+,73+,74-,75+,76+,77+,78-,79?,80+,81-,82-,83-/m0/s1. The van der Waals surface area contributed by atoms with Crippen LogP contribution in [0.4, 0.5) is 0 Å². The first-order valence-corrected chi connectivity index (χ1v) is 36.5. The van der Waals surface area contributed by atoms with Gasteiger partial charge in [-0.1, -0.05) is 219 Å². The molecule has 0 saturated carbocycles. The number of benzene rings is 7. The zero-order valence-electron chi connectivity index (χ0n) is 60.2. The number of aliphatic hydroxyl groups is 4. The van der Waals surface area contributed by atoms with Gasteiger partial charge in [0, 0.05) is 12.8 Å². The molecule has 564 valence electrons. The van der Waals surface area contributed by atoms with Gasteiger partial charge >= 0.3 is 0 Å². The maximum Gasteiger partial charge on any atom is 0.217 e. The molecule has 5 heterocycles. The molecule has 105 heavy (non-hydrogen) atoms. The summed E-state index contributed by atoms with van der Waals surface area (Å²) in [6.07, 6.45) is -26.8. The number of ether oxygens (including phenoxy) is 16. The molecule has 5 saturated heterocycles. The maximum atomic E-state index is 13.6. The molecule has 10 unspecified atom stereocenters. The average molecular weight is 1450 g/mol. The minimum atomic E-state index is -1.74. The van der Waals surface area contributed by atoms with E-state index in [1.807, 2.05) is 233 Å². The molecule has 0 spiro atoms. The Bertz CT molecular complexity index is 3640. The van der Waals surface area contributed by atoms with Crippen molar-refractivity contribution in [1.29, 1.82) is 0 Å². The number of rotatable bonds is 32. The van der Waals surface area contributed by atoms with Crippen LogP contribution in [0.2, 0.25) is 0 Å². The lowest BCUT2D eigenvalue weighted by molar-refractivity contribution is -0.402. The lowest BCUT2D eigenvalue weighted by atomic mass is 9.91. The van der Waals surface area contributed by atoms with Gasteiger partial charge in [-0.3, -0.25) is 4.79 Å². The predicted octanol–water partition coefficient (Wildman–Crippen LogP) is 9.22. The van der Waals surface area contributed by atoms with Gasteiger partial charge in [-0.2, -0.15) is 0 Å². The topological polar surface area (TPSA) is 258 Å². The van der Waals surface area contributed by atoms with E-state index in [1.165, 1.54) is 6.92 Å². The second-order valence-electron chi connectivity index (χ2n) is 27.8. The molecule has 5 aliphatic heterocycles. The van der Waals surface area contributed by atoms with E-state index in [2.05, 4.69) is 5.32 Å². The molecule has 5 N–H and O–H groups in total. The van der Waals surface area contributed by atoms with Crippen LogP contribution >= 0.6 is 0 Å². The van der Waals surface area contributed by atoms with Crippen molar-refractivity contribution >= 4 is 5.91 Å². The number of amides is 1. The van der Waals surface area contributed by atoms with Crippen LogP contribution in [0.15, 0.2) is 212 Å². The molecule has 12 rings (SSSR count). The summed E-state index contributed by atoms with van der Waals surface area (Å²) >= 11 is 0. The first-order chi connectivity index (χ1) is 51.2. The molecule has 0 radical (unpaired) electrons. The molecule has 22 heteroatoms. The summed E-state index contributed by atoms with van der Waals surface area (Å²) < 4.78 is 111. The highest BCUT2D eigenvalue weighted by Crippen LogP contribution is 2.41. The second-order valence-corrected chi connectivity index (χ2v) is 27.8. The van der Waals surface area contributed by atoms with E-state index >= 15 is 0 Å². The highest BCUT2D eigenvalue weighted by Gasteiger charge is 2.58. The van der Waals surface area contributed by atoms with Crippen molar-refractivity contribution in [2.45, 2.75) is 235 Å². The SMILES string of the molecule is CC(=O)NC1[C@H](C)OC(CO)[C@@H](O)[C@@H]1O[C@@H]1OC(C)[C@@H](OCc2ccccc2)[C@H](O[C@@H]2OC(C)[C@@H](OCc3ccccc3)[C@H](OCc3ccccc3)C2O[C@@H]2OC(C)[C@@H](OCc3ccccc3)[C@H](O[C@H]3O[C@@H](COCc4ccccc4)[C@H](OCc4ccccc4)C(OCc4ccccc4)C3C)C2O)C1O. The zero-order valence-corrected chi connectivity index (χ0v) is 60.2. The van der Waals surface area contributed by atoms with Gasteiger partial charge in [-0.15, -0.1) is 0 Å². The van der Waals surface area contributed by atoms with Crippen molar-refractivity contribution in [3.63, 3.8) is 0 Å². The van der Waals surface area contributed by atoms with E-state index in [-0.39, 0.29) is 52.9 Å². The Morgan fingerprint density at radius 2 is 0.657 bits per heavy atom. The third-order valence-corrected chi connectivity index (χ3v) is 20.0. The molecule has 5 aliphatic rings. The normalized spacial score (nSPS) is 33.6. The lowest BCUT2D eigenvalue weighted by Gasteiger charge is -2.52. The highest BCUT2D eigenvalue weighted by molar-refractivity contribution is 5.73. The minimum absolute atomic E-state index is 0.0458. The van der Waals surface area contributed by atoms with E-state index in [0.29, 0.717) is 0 Å². The van der Waals surface area contributed by atoms with Crippen LogP contribution in [0, 0.1) is 5.92 Å². The Balaban J connectivity index is 0.915. The first-order valence-electron chi connectivity index (χ1n) is 36.5. The van der Waals surface area contributed by atoms with Gasteiger partial charge in [-0.05, 0) is 66.6 Å². The molecule has 7 aromatic carbocycles. The van der Waals surface area contributed by atoms with Crippen molar-refractivity contribution < 1.29 is 101 Å². The summed E-state index contributed by atoms with van der Waals surface area (Å²) in [7, 11) is 0. The van der Waals surface area contributed by atoms with E-state index < -0.39 is 166 Å². The van der Waals surface area contributed by atoms with Crippen LogP contribution in [-0.4, -0.2) is 187 Å². The molecule has 22 nitrogen and oxygen atoms in total. The Hall–Kier alpha value is -6.79. The lowest BCUT2D eigenvalue weighted by Crippen LogP contribution is -2.68. The molecule has 25 atom stereocenters. The van der Waals surface area contributed by atoms with Gasteiger partial charge in [-0.25, -0.2) is 0 Å². The molecule has 0 bridgehead atoms. The number of aliphatic hydroxyl groups excluding tert-OH is 4. The van der Waals surface area contributed by atoms with Gasteiger partial charge < -0.3 is 102 Å². The van der Waals surface area contributed by atoms with E-state index in [0.717, 1.165) is 38.9 Å². The molecular formula is C83H101NO21. The number of carbonyl (C=O) groups is 1. The van der Waals surface area contributed by atoms with Crippen molar-refractivity contribution in [2.75, 3.05) is 13.2 Å². The highest BCUT2D eigenvalue weighted by atomic mass is 16.8. The minimum Gasteiger partial charge on any atom is -0.394 e. The fourth-order valence-corrected chi connectivity index (χ4v) is 14.4. The van der Waals surface area contributed by atoms with Crippen LogP contribution < -0.4 is 5.32 Å². The van der Waals surface area contributed by atoms with Crippen LogP contribution in [0.3, 0.4) is 0 Å². The van der Waals surface area contributed by atoms with Crippen LogP contribution in [0.25, 0.3) is 0 Å². The fourth-order valence-electron chi connectivity index (χ4n) is 14.4. The van der Waals surface area contributed by atoms with Crippen LogP contribution in [0.5, 0.6) is 0 Å². The van der Waals surface area contributed by atoms with Gasteiger partial charge in [0.25, 0.3) is 0 Å². The predicted molar refractivity (Wildman–Crippen MR) is 384 cm³/mol. The first kappa shape index (κ1) is 77.8. The molecule has 5 fully saturated rings. The fraction of sp³-hybridized carbons (Fsp3) is 0.482. The average Bonchev–Trinajstić information content (AvgIpc) is 0.763. The molecular weight excluding hydrogens is 1350 g/mol. The van der Waals surface area contributed by atoms with Crippen molar-refractivity contribution in [3.05, 3.63) is 251 Å². The van der Waals surface area contributed by atoms with E-state index in [9.17, 15) is 25.2 Å². The quantitative estimate of drug-likeness (QED) is 0.0263. The summed E-state index contributed by atoms with van der Waals surface area (Å²) in [5.74, 6) is -1.01. The van der Waals surface area contributed by atoms with Gasteiger partial charge in [0.15, 0.2) is 25.2 Å². The summed E-state index contributed by atoms with van der Waals surface area (Å²) in [5, 5.41) is 51.7. The Labute approximate surface area is 614 Å². The molecule has 0 aromatic heterocycles. The van der Waals surface area contributed by atoms with Crippen molar-refractivity contribution in [1.82, 2.24) is 5.32 Å². The number of carbonyl (C=O) groups excluding carboxylic acids is 1. The second kappa shape index (κ2) is 38.3.